The van der Waals surface area contributed by atoms with Crippen LogP contribution in [-0.4, -0.2) is 23.9 Å². The van der Waals surface area contributed by atoms with E-state index in [0.717, 1.165) is 17.7 Å². The Morgan fingerprint density at radius 1 is 1.45 bits per heavy atom. The third-order valence-electron chi connectivity index (χ3n) is 3.87. The van der Waals surface area contributed by atoms with Gasteiger partial charge in [0.15, 0.2) is 0 Å². The molecule has 104 valence electrons. The molecule has 1 aliphatic rings. The van der Waals surface area contributed by atoms with E-state index in [1.807, 2.05) is 24.0 Å². The number of carbonyl (C=O) groups is 1. The quantitative estimate of drug-likeness (QED) is 0.910. The molecule has 3 rings (SSSR count). The molecule has 0 aliphatic carbocycles. The zero-order valence-corrected chi connectivity index (χ0v) is 11.5. The number of carbonyl (C=O) groups excluding carboxylic acids is 1. The van der Waals surface area contributed by atoms with E-state index in [1.165, 1.54) is 11.8 Å². The average Bonchev–Trinajstić information content (AvgIpc) is 2.91. The minimum Gasteiger partial charge on any atom is -0.469 e. The van der Waals surface area contributed by atoms with Gasteiger partial charge < -0.3 is 15.1 Å². The summed E-state index contributed by atoms with van der Waals surface area (Å²) in [5.74, 6) is 0.738. The van der Waals surface area contributed by atoms with Gasteiger partial charge in [-0.1, -0.05) is 24.3 Å². The number of hydrogen-bond donors (Lipinski definition) is 1. The summed E-state index contributed by atoms with van der Waals surface area (Å²) in [4.78, 5) is 14.5. The fourth-order valence-electron chi connectivity index (χ4n) is 2.87. The van der Waals surface area contributed by atoms with Crippen molar-refractivity contribution in [2.24, 2.45) is 5.73 Å². The molecule has 0 spiro atoms. The second kappa shape index (κ2) is 5.13. The molecule has 20 heavy (non-hydrogen) atoms. The van der Waals surface area contributed by atoms with Crippen molar-refractivity contribution < 1.29 is 9.21 Å². The zero-order valence-electron chi connectivity index (χ0n) is 11.5. The number of hydrogen-bond acceptors (Lipinski definition) is 3. The van der Waals surface area contributed by atoms with E-state index in [1.54, 1.807) is 6.07 Å². The molecule has 4 nitrogen and oxygen atoms in total. The van der Waals surface area contributed by atoms with Crippen molar-refractivity contribution in [2.45, 2.75) is 19.4 Å². The summed E-state index contributed by atoms with van der Waals surface area (Å²) in [6.45, 7) is 2.96. The fraction of sp³-hybridized carbons (Fsp3) is 0.312. The maximum absolute atomic E-state index is 12.6. The van der Waals surface area contributed by atoms with Gasteiger partial charge in [0, 0.05) is 13.1 Å². The van der Waals surface area contributed by atoms with Crippen molar-refractivity contribution in [3.05, 3.63) is 59.0 Å². The predicted octanol–water partition coefficient (Wildman–Crippen LogP) is 2.29. The predicted molar refractivity (Wildman–Crippen MR) is 76.4 cm³/mol. The molecule has 1 aromatic carbocycles. The number of rotatable bonds is 2. The minimum atomic E-state index is -0.0531. The zero-order chi connectivity index (χ0) is 14.1. The molecule has 0 fully saturated rings. The SMILES string of the molecule is Cc1cc(C(=O)N2CCc3ccccc3C2CN)co1. The first-order valence-corrected chi connectivity index (χ1v) is 6.84. The minimum absolute atomic E-state index is 0.00759. The molecule has 1 aromatic heterocycles. The topological polar surface area (TPSA) is 59.5 Å². The number of aryl methyl sites for hydroxylation is 1. The Balaban J connectivity index is 1.93. The molecule has 1 amide bonds. The summed E-state index contributed by atoms with van der Waals surface area (Å²) in [5.41, 5.74) is 8.96. The highest BCUT2D eigenvalue weighted by molar-refractivity contribution is 5.94. The highest BCUT2D eigenvalue weighted by atomic mass is 16.3. The first-order chi connectivity index (χ1) is 9.70. The van der Waals surface area contributed by atoms with Gasteiger partial charge in [-0.3, -0.25) is 4.79 Å². The summed E-state index contributed by atoms with van der Waals surface area (Å²) in [7, 11) is 0. The van der Waals surface area contributed by atoms with Gasteiger partial charge in [0.2, 0.25) is 0 Å². The Morgan fingerprint density at radius 2 is 2.25 bits per heavy atom. The van der Waals surface area contributed by atoms with Crippen LogP contribution in [0.5, 0.6) is 0 Å². The molecule has 0 bridgehead atoms. The van der Waals surface area contributed by atoms with Gasteiger partial charge in [0.05, 0.1) is 11.6 Å². The largest absolute Gasteiger partial charge is 0.469 e. The highest BCUT2D eigenvalue weighted by Gasteiger charge is 2.30. The maximum Gasteiger partial charge on any atom is 0.257 e. The second-order valence-corrected chi connectivity index (χ2v) is 5.14. The first kappa shape index (κ1) is 12.9. The van der Waals surface area contributed by atoms with Crippen molar-refractivity contribution in [1.29, 1.82) is 0 Å². The monoisotopic (exact) mass is 270 g/mol. The van der Waals surface area contributed by atoms with Crippen LogP contribution in [0.2, 0.25) is 0 Å². The lowest BCUT2D eigenvalue weighted by Gasteiger charge is -2.36. The molecule has 4 heteroatoms. The van der Waals surface area contributed by atoms with Gasteiger partial charge in [0.25, 0.3) is 5.91 Å². The van der Waals surface area contributed by atoms with E-state index in [9.17, 15) is 4.79 Å². The molecular formula is C16H18N2O2. The van der Waals surface area contributed by atoms with Crippen LogP contribution in [0, 0.1) is 6.92 Å². The number of amides is 1. The summed E-state index contributed by atoms with van der Waals surface area (Å²) in [5, 5.41) is 0. The number of nitrogens with two attached hydrogens (primary N) is 1. The Kier molecular flexibility index (Phi) is 3.32. The molecule has 2 N–H and O–H groups in total. The van der Waals surface area contributed by atoms with Crippen LogP contribution in [0.4, 0.5) is 0 Å². The molecule has 1 unspecified atom stereocenters. The molecular weight excluding hydrogens is 252 g/mol. The van der Waals surface area contributed by atoms with Crippen molar-refractivity contribution in [3.63, 3.8) is 0 Å². The summed E-state index contributed by atoms with van der Waals surface area (Å²) in [6, 6.07) is 9.93. The van der Waals surface area contributed by atoms with Crippen LogP contribution in [0.15, 0.2) is 41.0 Å². The molecule has 1 aliphatic heterocycles. The summed E-state index contributed by atoms with van der Waals surface area (Å²) < 4.78 is 5.24. The first-order valence-electron chi connectivity index (χ1n) is 6.84. The standard InChI is InChI=1S/C16H18N2O2/c1-11-8-13(10-20-11)16(19)18-7-6-12-4-2-3-5-14(12)15(18)9-17/h2-5,8,10,15H,6-7,9,17H2,1H3. The van der Waals surface area contributed by atoms with Gasteiger partial charge in [-0.15, -0.1) is 0 Å². The normalized spacial score (nSPS) is 17.9. The van der Waals surface area contributed by atoms with Gasteiger partial charge in [-0.25, -0.2) is 0 Å². The molecule has 2 aromatic rings. The van der Waals surface area contributed by atoms with Crippen LogP contribution < -0.4 is 5.73 Å². The van der Waals surface area contributed by atoms with Crippen molar-refractivity contribution in [1.82, 2.24) is 4.90 Å². The molecule has 1 atom stereocenters. The van der Waals surface area contributed by atoms with E-state index in [2.05, 4.69) is 12.1 Å². The molecule has 2 heterocycles. The van der Waals surface area contributed by atoms with Gasteiger partial charge in [0.1, 0.15) is 12.0 Å². The Hall–Kier alpha value is -2.07. The lowest BCUT2D eigenvalue weighted by atomic mass is 9.92. The third kappa shape index (κ3) is 2.12. The van der Waals surface area contributed by atoms with Crippen LogP contribution >= 0.6 is 0 Å². The second-order valence-electron chi connectivity index (χ2n) is 5.14. The average molecular weight is 270 g/mol. The Morgan fingerprint density at radius 3 is 2.95 bits per heavy atom. The Bertz CT molecular complexity index is 633. The molecule has 0 saturated carbocycles. The summed E-state index contributed by atoms with van der Waals surface area (Å²) in [6.07, 6.45) is 2.39. The van der Waals surface area contributed by atoms with E-state index in [-0.39, 0.29) is 11.9 Å². The van der Waals surface area contributed by atoms with Crippen LogP contribution in [0.25, 0.3) is 0 Å². The lowest BCUT2D eigenvalue weighted by molar-refractivity contribution is 0.0667. The smallest absolute Gasteiger partial charge is 0.257 e. The number of furan rings is 1. The number of benzene rings is 1. The van der Waals surface area contributed by atoms with E-state index in [0.29, 0.717) is 18.7 Å². The van der Waals surface area contributed by atoms with E-state index < -0.39 is 0 Å². The fourth-order valence-corrected chi connectivity index (χ4v) is 2.87. The van der Waals surface area contributed by atoms with E-state index in [4.69, 9.17) is 10.2 Å². The molecule has 0 saturated heterocycles. The number of fused-ring (bicyclic) bond motifs is 1. The number of nitrogens with zero attached hydrogens (tertiary/aromatic N) is 1. The summed E-state index contributed by atoms with van der Waals surface area (Å²) >= 11 is 0. The van der Waals surface area contributed by atoms with Crippen LogP contribution in [0.3, 0.4) is 0 Å². The van der Waals surface area contributed by atoms with Crippen molar-refractivity contribution in [2.75, 3.05) is 13.1 Å². The lowest BCUT2D eigenvalue weighted by Crippen LogP contribution is -2.43. The van der Waals surface area contributed by atoms with Gasteiger partial charge in [-0.05, 0) is 30.5 Å². The van der Waals surface area contributed by atoms with Crippen LogP contribution in [-0.2, 0) is 6.42 Å². The van der Waals surface area contributed by atoms with Gasteiger partial charge in [-0.2, -0.15) is 0 Å². The van der Waals surface area contributed by atoms with Crippen molar-refractivity contribution >= 4 is 5.91 Å². The third-order valence-corrected chi connectivity index (χ3v) is 3.87. The molecule has 0 radical (unpaired) electrons. The van der Waals surface area contributed by atoms with E-state index >= 15 is 0 Å². The maximum atomic E-state index is 12.6. The van der Waals surface area contributed by atoms with Crippen LogP contribution in [0.1, 0.15) is 33.3 Å². The highest BCUT2D eigenvalue weighted by Crippen LogP contribution is 2.30. The van der Waals surface area contributed by atoms with Gasteiger partial charge >= 0.3 is 0 Å². The Labute approximate surface area is 118 Å². The van der Waals surface area contributed by atoms with Crippen molar-refractivity contribution in [3.8, 4) is 0 Å².